The number of amides is 1. The van der Waals surface area contributed by atoms with Gasteiger partial charge in [-0.15, -0.1) is 0 Å². The monoisotopic (exact) mass is 452 g/mol. The van der Waals surface area contributed by atoms with Gasteiger partial charge < -0.3 is 15.0 Å². The Balaban J connectivity index is 1.51. The van der Waals surface area contributed by atoms with E-state index in [1.807, 2.05) is 11.0 Å². The number of aromatic amines is 1. The van der Waals surface area contributed by atoms with Crippen LogP contribution >= 0.6 is 0 Å². The van der Waals surface area contributed by atoms with E-state index in [9.17, 15) is 18.7 Å². The second kappa shape index (κ2) is 9.26. The third-order valence-electron chi connectivity index (χ3n) is 7.61. The van der Waals surface area contributed by atoms with Gasteiger partial charge in [-0.05, 0) is 67.0 Å². The zero-order valence-electron chi connectivity index (χ0n) is 18.6. The van der Waals surface area contributed by atoms with Crippen LogP contribution in [0.15, 0.2) is 48.7 Å². The SMILES string of the molecule is O=C(CC(c1ccc(F)cc1)c1c[nH]c2cccc(F)c12)N1C(CCO)CC2CCCC1C2. The summed E-state index contributed by atoms with van der Waals surface area (Å²) in [4.78, 5) is 19.0. The molecule has 4 unspecified atom stereocenters. The van der Waals surface area contributed by atoms with E-state index in [1.54, 1.807) is 24.4 Å². The molecule has 4 nitrogen and oxygen atoms in total. The zero-order chi connectivity index (χ0) is 22.9. The number of aliphatic hydroxyl groups excluding tert-OH is 1. The van der Waals surface area contributed by atoms with Gasteiger partial charge >= 0.3 is 0 Å². The number of piperidine rings is 1. The van der Waals surface area contributed by atoms with Gasteiger partial charge in [0.25, 0.3) is 0 Å². The van der Waals surface area contributed by atoms with Crippen molar-refractivity contribution in [2.45, 2.75) is 62.9 Å². The van der Waals surface area contributed by atoms with Crippen molar-refractivity contribution in [3.63, 3.8) is 0 Å². The highest BCUT2D eigenvalue weighted by molar-refractivity contribution is 5.86. The summed E-state index contributed by atoms with van der Waals surface area (Å²) >= 11 is 0. The summed E-state index contributed by atoms with van der Waals surface area (Å²) in [5.41, 5.74) is 2.17. The summed E-state index contributed by atoms with van der Waals surface area (Å²) < 4.78 is 28.5. The summed E-state index contributed by atoms with van der Waals surface area (Å²) in [6.45, 7) is 0.0585. The summed E-state index contributed by atoms with van der Waals surface area (Å²) in [6, 6.07) is 11.3. The minimum atomic E-state index is -0.403. The zero-order valence-corrected chi connectivity index (χ0v) is 18.6. The third kappa shape index (κ3) is 4.29. The minimum Gasteiger partial charge on any atom is -0.396 e. The van der Waals surface area contributed by atoms with Gasteiger partial charge in [0, 0.05) is 48.1 Å². The highest BCUT2D eigenvalue weighted by Gasteiger charge is 2.40. The van der Waals surface area contributed by atoms with Crippen molar-refractivity contribution in [3.8, 4) is 0 Å². The molecule has 174 valence electrons. The first kappa shape index (κ1) is 22.1. The number of halogens is 2. The van der Waals surface area contributed by atoms with Gasteiger partial charge in [-0.3, -0.25) is 4.79 Å². The molecule has 3 aromatic rings. The van der Waals surface area contributed by atoms with Gasteiger partial charge in [-0.2, -0.15) is 0 Å². The van der Waals surface area contributed by atoms with Crippen LogP contribution in [0.3, 0.4) is 0 Å². The van der Waals surface area contributed by atoms with Gasteiger partial charge in [0.2, 0.25) is 5.91 Å². The van der Waals surface area contributed by atoms with Crippen molar-refractivity contribution in [2.24, 2.45) is 5.92 Å². The van der Waals surface area contributed by atoms with Crippen molar-refractivity contribution >= 4 is 16.8 Å². The predicted octanol–water partition coefficient (Wildman–Crippen LogP) is 5.51. The molecule has 33 heavy (non-hydrogen) atoms. The molecule has 1 aromatic heterocycles. The molecule has 2 N–H and O–H groups in total. The normalized spacial score (nSPS) is 23.6. The maximum atomic E-state index is 14.8. The Hall–Kier alpha value is -2.73. The van der Waals surface area contributed by atoms with Gasteiger partial charge in [0.05, 0.1) is 0 Å². The van der Waals surface area contributed by atoms with Gasteiger partial charge in [0.1, 0.15) is 11.6 Å². The number of nitrogens with zero attached hydrogens (tertiary/aromatic N) is 1. The fourth-order valence-electron chi connectivity index (χ4n) is 6.16. The van der Waals surface area contributed by atoms with Gasteiger partial charge in [0.15, 0.2) is 0 Å². The Morgan fingerprint density at radius 3 is 2.73 bits per heavy atom. The molecule has 5 rings (SSSR count). The first-order valence-corrected chi connectivity index (χ1v) is 12.0. The molecule has 6 heteroatoms. The standard InChI is InChI=1S/C27H30F2N2O2/c28-19-9-7-18(8-10-19)22(23-16-30-25-6-2-5-24(29)27(23)25)15-26(33)31-20-4-1-3-17(13-20)14-21(31)11-12-32/h2,5-10,16-17,20-22,30,32H,1,3-4,11-15H2. The maximum Gasteiger partial charge on any atom is 0.224 e. The summed E-state index contributed by atoms with van der Waals surface area (Å²) in [6.07, 6.45) is 7.81. The third-order valence-corrected chi connectivity index (χ3v) is 7.61. The number of likely N-dealkylation sites (tertiary alicyclic amines) is 1. The fraction of sp³-hybridized carbons (Fsp3) is 0.444. The first-order chi connectivity index (χ1) is 16.0. The van der Waals surface area contributed by atoms with Crippen molar-refractivity contribution in [2.75, 3.05) is 6.61 Å². The number of H-pyrrole nitrogens is 1. The van der Waals surface area contributed by atoms with Crippen LogP contribution in [0.1, 0.15) is 62.0 Å². The molecule has 2 heterocycles. The number of rotatable bonds is 6. The lowest BCUT2D eigenvalue weighted by molar-refractivity contribution is -0.141. The second-order valence-electron chi connectivity index (χ2n) is 9.60. The van der Waals surface area contributed by atoms with E-state index in [-0.39, 0.29) is 42.7 Å². The van der Waals surface area contributed by atoms with E-state index in [4.69, 9.17) is 0 Å². The van der Waals surface area contributed by atoms with E-state index < -0.39 is 5.92 Å². The molecule has 1 saturated carbocycles. The molecular formula is C27H30F2N2O2. The van der Waals surface area contributed by atoms with Gasteiger partial charge in [-0.25, -0.2) is 8.78 Å². The molecule has 0 radical (unpaired) electrons. The summed E-state index contributed by atoms with van der Waals surface area (Å²) in [7, 11) is 0. The smallest absolute Gasteiger partial charge is 0.224 e. The van der Waals surface area contributed by atoms with E-state index in [0.29, 0.717) is 28.8 Å². The number of hydrogen-bond acceptors (Lipinski definition) is 2. The molecule has 0 spiro atoms. The maximum absolute atomic E-state index is 14.8. The Kier molecular flexibility index (Phi) is 6.19. The number of aliphatic hydroxyl groups is 1. The van der Waals surface area contributed by atoms with Crippen LogP contribution in [0.2, 0.25) is 0 Å². The lowest BCUT2D eigenvalue weighted by Gasteiger charge is -2.48. The van der Waals surface area contributed by atoms with Crippen LogP contribution in [0.4, 0.5) is 8.78 Å². The van der Waals surface area contributed by atoms with Crippen molar-refractivity contribution < 1.29 is 18.7 Å². The Morgan fingerprint density at radius 2 is 1.94 bits per heavy atom. The number of carbonyl (C=O) groups is 1. The van der Waals surface area contributed by atoms with Crippen LogP contribution in [0, 0.1) is 17.6 Å². The highest BCUT2D eigenvalue weighted by atomic mass is 19.1. The number of nitrogens with one attached hydrogen (secondary N) is 1. The number of carbonyl (C=O) groups excluding carboxylic acids is 1. The lowest BCUT2D eigenvalue weighted by Crippen LogP contribution is -2.54. The van der Waals surface area contributed by atoms with Crippen LogP contribution in [0.5, 0.6) is 0 Å². The molecule has 2 bridgehead atoms. The average molecular weight is 453 g/mol. The number of hydrogen-bond donors (Lipinski definition) is 2. The van der Waals surface area contributed by atoms with Crippen LogP contribution in [0.25, 0.3) is 10.9 Å². The van der Waals surface area contributed by atoms with E-state index in [0.717, 1.165) is 31.2 Å². The van der Waals surface area contributed by atoms with Crippen molar-refractivity contribution in [1.29, 1.82) is 0 Å². The second-order valence-corrected chi connectivity index (χ2v) is 9.60. The molecule has 4 atom stereocenters. The molecule has 1 amide bonds. The first-order valence-electron chi connectivity index (χ1n) is 12.0. The molecule has 2 fully saturated rings. The predicted molar refractivity (Wildman–Crippen MR) is 124 cm³/mol. The highest BCUT2D eigenvalue weighted by Crippen LogP contribution is 2.41. The Bertz CT molecular complexity index is 1130. The fourth-order valence-corrected chi connectivity index (χ4v) is 6.16. The van der Waals surface area contributed by atoms with E-state index >= 15 is 0 Å². The van der Waals surface area contributed by atoms with Crippen LogP contribution in [-0.4, -0.2) is 39.6 Å². The van der Waals surface area contributed by atoms with Crippen molar-refractivity contribution in [3.05, 3.63) is 71.4 Å². The average Bonchev–Trinajstić information content (AvgIpc) is 3.24. The molecule has 1 saturated heterocycles. The Labute approximate surface area is 192 Å². The summed E-state index contributed by atoms with van der Waals surface area (Å²) in [5.74, 6) is -0.436. The van der Waals surface area contributed by atoms with Gasteiger partial charge in [-0.1, -0.05) is 31.0 Å². The lowest BCUT2D eigenvalue weighted by atomic mass is 9.75. The quantitative estimate of drug-likeness (QED) is 0.518. The number of aromatic nitrogens is 1. The molecule has 2 aliphatic rings. The number of fused-ring (bicyclic) bond motifs is 3. The topological polar surface area (TPSA) is 56.3 Å². The van der Waals surface area contributed by atoms with Crippen LogP contribution in [-0.2, 0) is 4.79 Å². The molecular weight excluding hydrogens is 422 g/mol. The number of benzene rings is 2. The largest absolute Gasteiger partial charge is 0.396 e. The van der Waals surface area contributed by atoms with E-state index in [1.165, 1.54) is 24.6 Å². The molecule has 1 aliphatic heterocycles. The Morgan fingerprint density at radius 1 is 1.12 bits per heavy atom. The van der Waals surface area contributed by atoms with E-state index in [2.05, 4.69) is 4.98 Å². The minimum absolute atomic E-state index is 0.0267. The molecule has 1 aliphatic carbocycles. The van der Waals surface area contributed by atoms with Crippen LogP contribution < -0.4 is 0 Å². The van der Waals surface area contributed by atoms with Crippen molar-refractivity contribution in [1.82, 2.24) is 9.88 Å². The molecule has 2 aromatic carbocycles. The summed E-state index contributed by atoms with van der Waals surface area (Å²) in [5, 5.41) is 10.1.